The molecule has 1 aromatic heterocycles. The molecule has 0 N–H and O–H groups in total. The molecule has 1 aliphatic rings. The van der Waals surface area contributed by atoms with E-state index in [2.05, 4.69) is 9.97 Å². The number of aryl methyl sites for hydroxylation is 2. The van der Waals surface area contributed by atoms with E-state index in [4.69, 9.17) is 11.6 Å². The summed E-state index contributed by atoms with van der Waals surface area (Å²) in [5, 5.41) is 0.533. The number of carbonyl (C=O) groups excluding carboxylic acids is 1. The minimum atomic E-state index is -0.127. The second kappa shape index (κ2) is 5.66. The quantitative estimate of drug-likeness (QED) is 0.849. The number of amides is 1. The van der Waals surface area contributed by atoms with Crippen LogP contribution in [0.4, 0.5) is 5.95 Å². The lowest BCUT2D eigenvalue weighted by Gasteiger charge is -2.22. The van der Waals surface area contributed by atoms with Crippen LogP contribution in [0.25, 0.3) is 0 Å². The zero-order valence-corrected chi connectivity index (χ0v) is 13.3. The van der Waals surface area contributed by atoms with Crippen LogP contribution in [0, 0.1) is 13.8 Å². The maximum absolute atomic E-state index is 12.3. The Bertz CT molecular complexity index is 687. The van der Waals surface area contributed by atoms with Gasteiger partial charge < -0.3 is 0 Å². The first-order valence-corrected chi connectivity index (χ1v) is 7.98. The number of benzene rings is 1. The minimum Gasteiger partial charge on any atom is -0.273 e. The molecule has 0 bridgehead atoms. The van der Waals surface area contributed by atoms with Gasteiger partial charge in [0, 0.05) is 16.4 Å². The summed E-state index contributed by atoms with van der Waals surface area (Å²) >= 11 is 7.62. The average molecular weight is 320 g/mol. The maximum Gasteiger partial charge on any atom is 0.240 e. The second-order valence-electron chi connectivity index (χ2n) is 4.93. The summed E-state index contributed by atoms with van der Waals surface area (Å²) in [6.45, 7) is 3.81. The van der Waals surface area contributed by atoms with Gasteiger partial charge in [-0.1, -0.05) is 23.7 Å². The van der Waals surface area contributed by atoms with E-state index < -0.39 is 0 Å². The van der Waals surface area contributed by atoms with E-state index in [1.165, 1.54) is 0 Å². The molecule has 1 aliphatic heterocycles. The van der Waals surface area contributed by atoms with E-state index >= 15 is 0 Å². The molecule has 1 saturated heterocycles. The number of hydrogen-bond acceptors (Lipinski definition) is 4. The molecule has 1 amide bonds. The van der Waals surface area contributed by atoms with Gasteiger partial charge >= 0.3 is 0 Å². The van der Waals surface area contributed by atoms with Crippen LogP contribution in [0.2, 0.25) is 5.02 Å². The van der Waals surface area contributed by atoms with E-state index in [-0.39, 0.29) is 11.3 Å². The lowest BCUT2D eigenvalue weighted by molar-refractivity contribution is -0.115. The molecule has 3 rings (SSSR count). The van der Waals surface area contributed by atoms with E-state index in [0.29, 0.717) is 16.7 Å². The van der Waals surface area contributed by atoms with Crippen molar-refractivity contribution in [2.75, 3.05) is 10.7 Å². The monoisotopic (exact) mass is 319 g/mol. The van der Waals surface area contributed by atoms with Crippen LogP contribution in [0.5, 0.6) is 0 Å². The first kappa shape index (κ1) is 14.4. The van der Waals surface area contributed by atoms with Crippen molar-refractivity contribution in [3.8, 4) is 0 Å². The lowest BCUT2D eigenvalue weighted by atomic mass is 10.2. The number of thioether (sulfide) groups is 1. The topological polar surface area (TPSA) is 46.1 Å². The summed E-state index contributed by atoms with van der Waals surface area (Å²) in [7, 11) is 0. The highest BCUT2D eigenvalue weighted by Crippen LogP contribution is 2.41. The van der Waals surface area contributed by atoms with Gasteiger partial charge in [0.15, 0.2) is 0 Å². The Morgan fingerprint density at radius 3 is 2.62 bits per heavy atom. The molecule has 6 heteroatoms. The fourth-order valence-corrected chi connectivity index (χ4v) is 3.70. The largest absolute Gasteiger partial charge is 0.273 e. The average Bonchev–Trinajstić information content (AvgIpc) is 2.79. The Kier molecular flexibility index (Phi) is 3.87. The summed E-state index contributed by atoms with van der Waals surface area (Å²) in [5.74, 6) is 0.913. The number of nitrogens with zero attached hydrogens (tertiary/aromatic N) is 3. The van der Waals surface area contributed by atoms with Gasteiger partial charge in [-0.3, -0.25) is 9.69 Å². The highest BCUT2D eigenvalue weighted by atomic mass is 35.5. The molecule has 2 heterocycles. The SMILES string of the molecule is Cc1cc(C)nc(N2C(=O)CSC2c2cccc(Cl)c2)n1. The molecule has 1 unspecified atom stereocenters. The Labute approximate surface area is 132 Å². The predicted molar refractivity (Wildman–Crippen MR) is 85.6 cm³/mol. The Hall–Kier alpha value is -1.59. The summed E-state index contributed by atoms with van der Waals surface area (Å²) in [6.07, 6.45) is 0. The number of rotatable bonds is 2. The standard InChI is InChI=1S/C15H14ClN3OS/c1-9-6-10(2)18-15(17-9)19-13(20)8-21-14(19)11-4-3-5-12(16)7-11/h3-7,14H,8H2,1-2H3. The first-order chi connectivity index (χ1) is 10.0. The second-order valence-corrected chi connectivity index (χ2v) is 6.44. The zero-order valence-electron chi connectivity index (χ0n) is 11.7. The van der Waals surface area contributed by atoms with Crippen molar-refractivity contribution in [3.63, 3.8) is 0 Å². The van der Waals surface area contributed by atoms with Gasteiger partial charge in [0.1, 0.15) is 5.37 Å². The summed E-state index contributed by atoms with van der Waals surface area (Å²) in [5.41, 5.74) is 2.69. The van der Waals surface area contributed by atoms with Crippen LogP contribution < -0.4 is 4.90 Å². The minimum absolute atomic E-state index is 0.0231. The molecule has 0 radical (unpaired) electrons. The van der Waals surface area contributed by atoms with Gasteiger partial charge in [-0.2, -0.15) is 0 Å². The third-order valence-electron chi connectivity index (χ3n) is 3.19. The van der Waals surface area contributed by atoms with E-state index in [0.717, 1.165) is 17.0 Å². The van der Waals surface area contributed by atoms with Gasteiger partial charge in [0.25, 0.3) is 0 Å². The Morgan fingerprint density at radius 1 is 1.24 bits per heavy atom. The smallest absolute Gasteiger partial charge is 0.240 e. The van der Waals surface area contributed by atoms with Crippen molar-refractivity contribution in [1.29, 1.82) is 0 Å². The third-order valence-corrected chi connectivity index (χ3v) is 4.64. The number of halogens is 1. The number of anilines is 1. The molecule has 21 heavy (non-hydrogen) atoms. The van der Waals surface area contributed by atoms with Gasteiger partial charge in [-0.05, 0) is 37.6 Å². The molecule has 0 spiro atoms. The third kappa shape index (κ3) is 2.89. The summed E-state index contributed by atoms with van der Waals surface area (Å²) in [6, 6.07) is 9.46. The Balaban J connectivity index is 2.03. The molecular formula is C15H14ClN3OS. The number of hydrogen-bond donors (Lipinski definition) is 0. The van der Waals surface area contributed by atoms with Crippen LogP contribution in [-0.2, 0) is 4.79 Å². The van der Waals surface area contributed by atoms with E-state index in [1.54, 1.807) is 16.7 Å². The first-order valence-electron chi connectivity index (χ1n) is 6.56. The van der Waals surface area contributed by atoms with Crippen molar-refractivity contribution in [2.24, 2.45) is 0 Å². The normalized spacial score (nSPS) is 18.3. The van der Waals surface area contributed by atoms with Gasteiger partial charge in [0.05, 0.1) is 5.75 Å². The molecule has 1 aromatic carbocycles. The van der Waals surface area contributed by atoms with Crippen molar-refractivity contribution in [1.82, 2.24) is 9.97 Å². The van der Waals surface area contributed by atoms with Crippen LogP contribution in [0.3, 0.4) is 0 Å². The summed E-state index contributed by atoms with van der Waals surface area (Å²) < 4.78 is 0. The van der Waals surface area contributed by atoms with Crippen molar-refractivity contribution >= 4 is 35.2 Å². The van der Waals surface area contributed by atoms with Crippen LogP contribution in [0.15, 0.2) is 30.3 Å². The molecule has 1 atom stereocenters. The lowest BCUT2D eigenvalue weighted by Crippen LogP contribution is -2.30. The Morgan fingerprint density at radius 2 is 1.95 bits per heavy atom. The molecule has 1 fully saturated rings. The van der Waals surface area contributed by atoms with Crippen LogP contribution in [0.1, 0.15) is 22.3 Å². The number of carbonyl (C=O) groups is 1. The van der Waals surface area contributed by atoms with E-state index in [9.17, 15) is 4.79 Å². The fraction of sp³-hybridized carbons (Fsp3) is 0.267. The van der Waals surface area contributed by atoms with Crippen molar-refractivity contribution in [3.05, 3.63) is 52.3 Å². The van der Waals surface area contributed by atoms with Crippen molar-refractivity contribution < 1.29 is 4.79 Å². The number of aromatic nitrogens is 2. The molecular weight excluding hydrogens is 306 g/mol. The molecule has 0 saturated carbocycles. The molecule has 2 aromatic rings. The van der Waals surface area contributed by atoms with E-state index in [1.807, 2.05) is 44.2 Å². The van der Waals surface area contributed by atoms with Crippen LogP contribution >= 0.6 is 23.4 Å². The summed E-state index contributed by atoms with van der Waals surface area (Å²) in [4.78, 5) is 22.7. The predicted octanol–water partition coefficient (Wildman–Crippen LogP) is 3.53. The molecule has 0 aliphatic carbocycles. The van der Waals surface area contributed by atoms with Gasteiger partial charge in [-0.25, -0.2) is 9.97 Å². The van der Waals surface area contributed by atoms with Crippen molar-refractivity contribution in [2.45, 2.75) is 19.2 Å². The van der Waals surface area contributed by atoms with Crippen LogP contribution in [-0.4, -0.2) is 21.6 Å². The zero-order chi connectivity index (χ0) is 15.0. The van der Waals surface area contributed by atoms with Gasteiger partial charge in [-0.15, -0.1) is 11.8 Å². The van der Waals surface area contributed by atoms with Gasteiger partial charge in [0.2, 0.25) is 11.9 Å². The fourth-order valence-electron chi connectivity index (χ4n) is 2.36. The molecule has 4 nitrogen and oxygen atoms in total. The highest BCUT2D eigenvalue weighted by molar-refractivity contribution is 8.00. The highest BCUT2D eigenvalue weighted by Gasteiger charge is 2.36. The maximum atomic E-state index is 12.3. The molecule has 108 valence electrons.